The largest absolute Gasteiger partial charge is 0.322 e. The van der Waals surface area contributed by atoms with Gasteiger partial charge in [0.15, 0.2) is 0 Å². The second-order valence-electron chi connectivity index (χ2n) is 4.96. The summed E-state index contributed by atoms with van der Waals surface area (Å²) < 4.78 is 12.8. The highest BCUT2D eigenvalue weighted by molar-refractivity contribution is 6.04. The van der Waals surface area contributed by atoms with Crippen LogP contribution in [0.15, 0.2) is 30.5 Å². The number of nitrogens with zero attached hydrogens (tertiary/aromatic N) is 2. The maximum absolute atomic E-state index is 12.8. The smallest absolute Gasteiger partial charge is 0.259 e. The van der Waals surface area contributed by atoms with E-state index in [4.69, 9.17) is 0 Å². The van der Waals surface area contributed by atoms with Gasteiger partial charge in [-0.2, -0.15) is 0 Å². The van der Waals surface area contributed by atoms with Crippen molar-refractivity contribution in [2.24, 2.45) is 0 Å². The van der Waals surface area contributed by atoms with E-state index >= 15 is 0 Å². The Kier molecular flexibility index (Phi) is 3.18. The number of carbonyl (C=O) groups is 1. The molecule has 1 saturated carbocycles. The summed E-state index contributed by atoms with van der Waals surface area (Å²) >= 11 is 0. The van der Waals surface area contributed by atoms with Crippen LogP contribution in [0.4, 0.5) is 10.1 Å². The first-order valence-corrected chi connectivity index (χ1v) is 6.54. The van der Waals surface area contributed by atoms with E-state index in [0.29, 0.717) is 22.9 Å². The third-order valence-corrected chi connectivity index (χ3v) is 3.29. The molecule has 1 aromatic carbocycles. The van der Waals surface area contributed by atoms with Gasteiger partial charge in [-0.1, -0.05) is 0 Å². The van der Waals surface area contributed by atoms with Gasteiger partial charge in [-0.3, -0.25) is 4.79 Å². The zero-order chi connectivity index (χ0) is 14.1. The van der Waals surface area contributed by atoms with Gasteiger partial charge in [0.1, 0.15) is 11.6 Å². The van der Waals surface area contributed by atoms with Crippen LogP contribution in [0.1, 0.15) is 40.6 Å². The number of hydrogen-bond donors (Lipinski definition) is 1. The Labute approximate surface area is 116 Å². The summed E-state index contributed by atoms with van der Waals surface area (Å²) in [5.74, 6) is 0.663. The van der Waals surface area contributed by atoms with Gasteiger partial charge in [0.2, 0.25) is 0 Å². The summed E-state index contributed by atoms with van der Waals surface area (Å²) in [6.45, 7) is 1.80. The average molecular weight is 271 g/mol. The Balaban J connectivity index is 1.78. The van der Waals surface area contributed by atoms with Gasteiger partial charge in [0.05, 0.1) is 11.3 Å². The first-order chi connectivity index (χ1) is 9.63. The van der Waals surface area contributed by atoms with Gasteiger partial charge >= 0.3 is 0 Å². The van der Waals surface area contributed by atoms with Gasteiger partial charge in [-0.15, -0.1) is 0 Å². The number of rotatable bonds is 3. The van der Waals surface area contributed by atoms with Crippen molar-refractivity contribution in [1.29, 1.82) is 0 Å². The standard InChI is InChI=1S/C15H14FN3O/c1-9-13(8-17-14(18-9)10-2-3-10)15(20)19-12-6-4-11(16)5-7-12/h4-8,10H,2-3H2,1H3,(H,19,20). The number of halogens is 1. The second-order valence-corrected chi connectivity index (χ2v) is 4.96. The summed E-state index contributed by atoms with van der Waals surface area (Å²) in [7, 11) is 0. The Hall–Kier alpha value is -2.30. The van der Waals surface area contributed by atoms with Gasteiger partial charge in [0.25, 0.3) is 5.91 Å². The predicted octanol–water partition coefficient (Wildman–Crippen LogP) is 3.05. The molecule has 0 radical (unpaired) electrons. The van der Waals surface area contributed by atoms with Crippen LogP contribution in [-0.4, -0.2) is 15.9 Å². The number of aromatic nitrogens is 2. The molecule has 0 saturated heterocycles. The molecule has 0 spiro atoms. The molecule has 0 unspecified atom stereocenters. The van der Waals surface area contributed by atoms with E-state index in [9.17, 15) is 9.18 Å². The lowest BCUT2D eigenvalue weighted by molar-refractivity contribution is 0.102. The van der Waals surface area contributed by atoms with Crippen molar-refractivity contribution in [3.8, 4) is 0 Å². The lowest BCUT2D eigenvalue weighted by atomic mass is 10.2. The molecule has 1 N–H and O–H groups in total. The number of hydrogen-bond acceptors (Lipinski definition) is 3. The van der Waals surface area contributed by atoms with Crippen LogP contribution in [0.25, 0.3) is 0 Å². The molecule has 1 aromatic heterocycles. The lowest BCUT2D eigenvalue weighted by Crippen LogP contribution is -2.15. The summed E-state index contributed by atoms with van der Waals surface area (Å²) in [6, 6.07) is 5.63. The molecule has 1 amide bonds. The van der Waals surface area contributed by atoms with Crippen LogP contribution in [0.3, 0.4) is 0 Å². The maximum Gasteiger partial charge on any atom is 0.259 e. The highest BCUT2D eigenvalue weighted by Gasteiger charge is 2.27. The van der Waals surface area contributed by atoms with E-state index in [1.807, 2.05) is 0 Å². The van der Waals surface area contributed by atoms with Crippen molar-refractivity contribution in [2.75, 3.05) is 5.32 Å². The highest BCUT2D eigenvalue weighted by atomic mass is 19.1. The lowest BCUT2D eigenvalue weighted by Gasteiger charge is -2.08. The third kappa shape index (κ3) is 2.66. The third-order valence-electron chi connectivity index (χ3n) is 3.29. The summed E-state index contributed by atoms with van der Waals surface area (Å²) in [4.78, 5) is 20.8. The van der Waals surface area contributed by atoms with Crippen LogP contribution in [0.5, 0.6) is 0 Å². The van der Waals surface area contributed by atoms with Crippen molar-refractivity contribution in [3.05, 3.63) is 53.4 Å². The van der Waals surface area contributed by atoms with Crippen molar-refractivity contribution in [1.82, 2.24) is 9.97 Å². The van der Waals surface area contributed by atoms with E-state index in [1.54, 1.807) is 13.1 Å². The summed E-state index contributed by atoms with van der Waals surface area (Å²) in [5, 5.41) is 2.70. The number of amides is 1. The zero-order valence-electron chi connectivity index (χ0n) is 11.1. The summed E-state index contributed by atoms with van der Waals surface area (Å²) in [6.07, 6.45) is 3.82. The van der Waals surface area contributed by atoms with E-state index in [0.717, 1.165) is 18.7 Å². The van der Waals surface area contributed by atoms with E-state index in [2.05, 4.69) is 15.3 Å². The molecule has 0 bridgehead atoms. The SMILES string of the molecule is Cc1nc(C2CC2)ncc1C(=O)Nc1ccc(F)cc1. The second kappa shape index (κ2) is 5.00. The Morgan fingerprint density at radius 3 is 2.60 bits per heavy atom. The number of carbonyl (C=O) groups excluding carboxylic acids is 1. The molecular weight excluding hydrogens is 257 g/mol. The van der Waals surface area contributed by atoms with Gasteiger partial charge in [-0.25, -0.2) is 14.4 Å². The quantitative estimate of drug-likeness (QED) is 0.933. The topological polar surface area (TPSA) is 54.9 Å². The van der Waals surface area contributed by atoms with Crippen LogP contribution in [-0.2, 0) is 0 Å². The molecule has 1 aliphatic rings. The number of nitrogens with one attached hydrogen (secondary N) is 1. The van der Waals surface area contributed by atoms with Crippen LogP contribution < -0.4 is 5.32 Å². The molecule has 3 rings (SSSR count). The number of anilines is 1. The zero-order valence-corrected chi connectivity index (χ0v) is 11.1. The molecule has 1 fully saturated rings. The molecule has 2 aromatic rings. The van der Waals surface area contributed by atoms with E-state index < -0.39 is 0 Å². The highest BCUT2D eigenvalue weighted by Crippen LogP contribution is 2.37. The molecule has 5 heteroatoms. The van der Waals surface area contributed by atoms with Crippen LogP contribution in [0.2, 0.25) is 0 Å². The minimum absolute atomic E-state index is 0.281. The van der Waals surface area contributed by atoms with Gasteiger partial charge in [-0.05, 0) is 44.0 Å². The van der Waals surface area contributed by atoms with E-state index in [1.165, 1.54) is 24.3 Å². The van der Waals surface area contributed by atoms with Gasteiger partial charge in [0, 0.05) is 17.8 Å². The number of benzene rings is 1. The van der Waals surface area contributed by atoms with Crippen LogP contribution in [0, 0.1) is 12.7 Å². The monoisotopic (exact) mass is 271 g/mol. The maximum atomic E-state index is 12.8. The molecule has 1 heterocycles. The van der Waals surface area contributed by atoms with E-state index in [-0.39, 0.29) is 11.7 Å². The Morgan fingerprint density at radius 2 is 2.00 bits per heavy atom. The van der Waals surface area contributed by atoms with Crippen molar-refractivity contribution >= 4 is 11.6 Å². The Bertz CT molecular complexity index is 651. The van der Waals surface area contributed by atoms with Crippen LogP contribution >= 0.6 is 0 Å². The predicted molar refractivity (Wildman–Crippen MR) is 73.1 cm³/mol. The average Bonchev–Trinajstić information content (AvgIpc) is 3.25. The molecule has 0 aliphatic heterocycles. The summed E-state index contributed by atoms with van der Waals surface area (Å²) in [5.41, 5.74) is 1.65. The van der Waals surface area contributed by atoms with Crippen molar-refractivity contribution in [3.63, 3.8) is 0 Å². The number of aryl methyl sites for hydroxylation is 1. The van der Waals surface area contributed by atoms with Crippen molar-refractivity contribution < 1.29 is 9.18 Å². The Morgan fingerprint density at radius 1 is 1.30 bits per heavy atom. The van der Waals surface area contributed by atoms with Gasteiger partial charge < -0.3 is 5.32 Å². The molecular formula is C15H14FN3O. The minimum Gasteiger partial charge on any atom is -0.322 e. The molecule has 0 atom stereocenters. The molecule has 20 heavy (non-hydrogen) atoms. The van der Waals surface area contributed by atoms with Crippen molar-refractivity contribution in [2.45, 2.75) is 25.7 Å². The molecule has 102 valence electrons. The fraction of sp³-hybridized carbons (Fsp3) is 0.267. The first kappa shape index (κ1) is 12.7. The normalized spacial score (nSPS) is 14.1. The fourth-order valence-corrected chi connectivity index (χ4v) is 1.98. The fourth-order valence-electron chi connectivity index (χ4n) is 1.98. The first-order valence-electron chi connectivity index (χ1n) is 6.54. The molecule has 4 nitrogen and oxygen atoms in total. The minimum atomic E-state index is -0.337. The molecule has 1 aliphatic carbocycles.